The van der Waals surface area contributed by atoms with Crippen LogP contribution in [0, 0.1) is 0 Å². The van der Waals surface area contributed by atoms with Gasteiger partial charge in [-0.05, 0) is 45.1 Å². The first-order valence-corrected chi connectivity index (χ1v) is 8.38. The molecule has 1 atom stereocenters. The Morgan fingerprint density at radius 2 is 2.33 bits per heavy atom. The summed E-state index contributed by atoms with van der Waals surface area (Å²) in [5, 5.41) is 4.82. The molecule has 0 bridgehead atoms. The van der Waals surface area contributed by atoms with Crippen molar-refractivity contribution < 1.29 is 9.59 Å². The average Bonchev–Trinajstić information content (AvgIpc) is 2.99. The third-order valence-corrected chi connectivity index (χ3v) is 5.97. The number of carbonyl (C=O) groups is 2. The van der Waals surface area contributed by atoms with Gasteiger partial charge in [-0.3, -0.25) is 9.69 Å². The van der Waals surface area contributed by atoms with Crippen LogP contribution in [0.5, 0.6) is 0 Å². The van der Waals surface area contributed by atoms with E-state index >= 15 is 0 Å². The molecule has 18 heavy (non-hydrogen) atoms. The normalized spacial score (nSPS) is 27.3. The van der Waals surface area contributed by atoms with Crippen molar-refractivity contribution in [2.24, 2.45) is 0 Å². The van der Waals surface area contributed by atoms with E-state index in [1.807, 2.05) is 11.4 Å². The molecule has 96 valence electrons. The quantitative estimate of drug-likeness (QED) is 0.836. The number of imide groups is 1. The van der Waals surface area contributed by atoms with Crippen LogP contribution in [-0.4, -0.2) is 33.9 Å². The molecule has 3 heterocycles. The van der Waals surface area contributed by atoms with Crippen molar-refractivity contribution in [1.82, 2.24) is 10.2 Å². The van der Waals surface area contributed by atoms with Crippen LogP contribution in [0.25, 0.3) is 0 Å². The topological polar surface area (TPSA) is 49.4 Å². The van der Waals surface area contributed by atoms with Crippen LogP contribution in [-0.2, 0) is 11.3 Å². The maximum Gasteiger partial charge on any atom is 0.325 e. The molecule has 3 amide bonds. The van der Waals surface area contributed by atoms with Crippen LogP contribution < -0.4 is 5.32 Å². The Balaban J connectivity index is 1.80. The molecule has 2 fully saturated rings. The predicted octanol–water partition coefficient (Wildman–Crippen LogP) is 2.44. The summed E-state index contributed by atoms with van der Waals surface area (Å²) in [6.45, 7) is 0.360. The second-order valence-corrected chi connectivity index (χ2v) is 7.86. The smallest absolute Gasteiger partial charge is 0.322 e. The van der Waals surface area contributed by atoms with Crippen molar-refractivity contribution >= 4 is 51.0 Å². The fraction of sp³-hybridized carbons (Fsp3) is 0.455. The molecule has 2 aliphatic heterocycles. The SMILES string of the molecule is O=C1NC2(CCSC2)C(=O)N1Cc1csc(Br)c1. The number of rotatable bonds is 2. The second kappa shape index (κ2) is 4.54. The monoisotopic (exact) mass is 346 g/mol. The van der Waals surface area contributed by atoms with Crippen LogP contribution in [0.15, 0.2) is 15.2 Å². The molecular formula is C11H11BrN2O2S2. The van der Waals surface area contributed by atoms with Gasteiger partial charge in [0.15, 0.2) is 0 Å². The molecule has 1 unspecified atom stereocenters. The molecule has 2 saturated heterocycles. The minimum Gasteiger partial charge on any atom is -0.322 e. The molecule has 0 radical (unpaired) electrons. The van der Waals surface area contributed by atoms with E-state index in [-0.39, 0.29) is 11.9 Å². The Kier molecular flexibility index (Phi) is 3.15. The lowest BCUT2D eigenvalue weighted by Crippen LogP contribution is -2.46. The van der Waals surface area contributed by atoms with Gasteiger partial charge in [-0.2, -0.15) is 11.8 Å². The second-order valence-electron chi connectivity index (χ2n) is 4.47. The summed E-state index contributed by atoms with van der Waals surface area (Å²) in [4.78, 5) is 25.6. The van der Waals surface area contributed by atoms with Crippen LogP contribution in [0.2, 0.25) is 0 Å². The maximum absolute atomic E-state index is 12.4. The van der Waals surface area contributed by atoms with Gasteiger partial charge in [0.25, 0.3) is 5.91 Å². The van der Waals surface area contributed by atoms with Crippen molar-refractivity contribution in [3.63, 3.8) is 0 Å². The fourth-order valence-electron chi connectivity index (χ4n) is 2.26. The number of hydrogen-bond acceptors (Lipinski definition) is 4. The van der Waals surface area contributed by atoms with Crippen molar-refractivity contribution in [1.29, 1.82) is 0 Å². The van der Waals surface area contributed by atoms with Crippen LogP contribution >= 0.6 is 39.0 Å². The molecule has 2 aliphatic rings. The zero-order valence-electron chi connectivity index (χ0n) is 9.44. The van der Waals surface area contributed by atoms with Crippen molar-refractivity contribution in [3.8, 4) is 0 Å². The Hall–Kier alpha value is -0.530. The third-order valence-electron chi connectivity index (χ3n) is 3.23. The summed E-state index contributed by atoms with van der Waals surface area (Å²) in [7, 11) is 0. The summed E-state index contributed by atoms with van der Waals surface area (Å²) in [5.74, 6) is 1.56. The van der Waals surface area contributed by atoms with Gasteiger partial charge in [0.1, 0.15) is 5.54 Å². The standard InChI is InChI=1S/C11H11BrN2O2S2/c12-8-3-7(5-18-8)4-14-9(15)11(13-10(14)16)1-2-17-6-11/h3,5H,1-2,4,6H2,(H,13,16). The predicted molar refractivity (Wildman–Crippen MR) is 75.8 cm³/mol. The molecule has 1 aromatic rings. The first kappa shape index (κ1) is 12.5. The molecule has 1 aromatic heterocycles. The van der Waals surface area contributed by atoms with E-state index in [2.05, 4.69) is 21.2 Å². The summed E-state index contributed by atoms with van der Waals surface area (Å²) >= 11 is 6.66. The van der Waals surface area contributed by atoms with Crippen LogP contribution in [0.1, 0.15) is 12.0 Å². The molecular weight excluding hydrogens is 336 g/mol. The first-order valence-electron chi connectivity index (χ1n) is 5.55. The van der Waals surface area contributed by atoms with Gasteiger partial charge in [0.2, 0.25) is 0 Å². The highest BCUT2D eigenvalue weighted by Gasteiger charge is 2.52. The Morgan fingerprint density at radius 1 is 1.50 bits per heavy atom. The van der Waals surface area contributed by atoms with Crippen molar-refractivity contribution in [3.05, 3.63) is 20.8 Å². The van der Waals surface area contributed by atoms with E-state index in [9.17, 15) is 9.59 Å². The number of urea groups is 1. The molecule has 1 N–H and O–H groups in total. The first-order chi connectivity index (χ1) is 8.61. The summed E-state index contributed by atoms with van der Waals surface area (Å²) in [6, 6.07) is 1.68. The highest BCUT2D eigenvalue weighted by molar-refractivity contribution is 9.11. The lowest BCUT2D eigenvalue weighted by atomic mass is 9.99. The van der Waals surface area contributed by atoms with Gasteiger partial charge in [0, 0.05) is 5.75 Å². The minimum absolute atomic E-state index is 0.0696. The number of thioether (sulfide) groups is 1. The molecule has 4 nitrogen and oxygen atoms in total. The minimum atomic E-state index is -0.630. The molecule has 0 aliphatic carbocycles. The van der Waals surface area contributed by atoms with Crippen LogP contribution in [0.3, 0.4) is 0 Å². The summed E-state index contributed by atoms with van der Waals surface area (Å²) in [5.41, 5.74) is 0.354. The molecule has 3 rings (SSSR count). The number of amides is 3. The van der Waals surface area contributed by atoms with E-state index in [0.717, 1.165) is 21.5 Å². The van der Waals surface area contributed by atoms with Crippen LogP contribution in [0.4, 0.5) is 4.79 Å². The summed E-state index contributed by atoms with van der Waals surface area (Å²) < 4.78 is 1.01. The van der Waals surface area contributed by atoms with Gasteiger partial charge in [-0.25, -0.2) is 4.79 Å². The molecule has 7 heteroatoms. The summed E-state index contributed by atoms with van der Waals surface area (Å²) in [6.07, 6.45) is 0.742. The van der Waals surface area contributed by atoms with E-state index in [1.165, 1.54) is 4.90 Å². The highest BCUT2D eigenvalue weighted by atomic mass is 79.9. The van der Waals surface area contributed by atoms with Gasteiger partial charge in [-0.15, -0.1) is 11.3 Å². The maximum atomic E-state index is 12.4. The fourth-order valence-corrected chi connectivity index (χ4v) is 4.79. The zero-order valence-corrected chi connectivity index (χ0v) is 12.7. The lowest BCUT2D eigenvalue weighted by Gasteiger charge is -2.18. The lowest BCUT2D eigenvalue weighted by molar-refractivity contribution is -0.130. The molecule has 1 spiro atoms. The van der Waals surface area contributed by atoms with E-state index in [4.69, 9.17) is 0 Å². The molecule has 0 aromatic carbocycles. The highest BCUT2D eigenvalue weighted by Crippen LogP contribution is 2.34. The van der Waals surface area contributed by atoms with Gasteiger partial charge >= 0.3 is 6.03 Å². The van der Waals surface area contributed by atoms with E-state index < -0.39 is 5.54 Å². The van der Waals surface area contributed by atoms with Crippen molar-refractivity contribution in [2.45, 2.75) is 18.5 Å². The van der Waals surface area contributed by atoms with Gasteiger partial charge < -0.3 is 5.32 Å². The number of nitrogens with one attached hydrogen (secondary N) is 1. The number of hydrogen-bond donors (Lipinski definition) is 1. The van der Waals surface area contributed by atoms with Gasteiger partial charge in [0.05, 0.1) is 10.3 Å². The Morgan fingerprint density at radius 3 is 2.94 bits per heavy atom. The zero-order chi connectivity index (χ0) is 12.8. The van der Waals surface area contributed by atoms with Gasteiger partial charge in [-0.1, -0.05) is 0 Å². The third kappa shape index (κ3) is 1.98. The number of halogens is 1. The molecule has 0 saturated carbocycles. The number of thiophene rings is 1. The number of carbonyl (C=O) groups excluding carboxylic acids is 2. The van der Waals surface area contributed by atoms with Crippen molar-refractivity contribution in [2.75, 3.05) is 11.5 Å². The Bertz CT molecular complexity index is 511. The van der Waals surface area contributed by atoms with E-state index in [1.54, 1.807) is 23.1 Å². The number of nitrogens with zero attached hydrogens (tertiary/aromatic N) is 1. The largest absolute Gasteiger partial charge is 0.325 e. The average molecular weight is 347 g/mol. The Labute approximate surface area is 121 Å². The van der Waals surface area contributed by atoms with E-state index in [0.29, 0.717) is 12.3 Å².